The first-order valence-electron chi connectivity index (χ1n) is 8.17. The third kappa shape index (κ3) is 3.19. The van der Waals surface area contributed by atoms with E-state index in [1.165, 1.54) is 12.0 Å². The minimum Gasteiger partial charge on any atom is -0.496 e. The van der Waals surface area contributed by atoms with E-state index >= 15 is 0 Å². The number of hydrogen-bond donors (Lipinski definition) is 0. The van der Waals surface area contributed by atoms with Gasteiger partial charge in [0.1, 0.15) is 17.2 Å². The summed E-state index contributed by atoms with van der Waals surface area (Å²) in [6.45, 7) is 1.83. The molecule has 1 atom stereocenters. The predicted octanol–water partition coefficient (Wildman–Crippen LogP) is 2.78. The van der Waals surface area contributed by atoms with Gasteiger partial charge in [0.2, 0.25) is 0 Å². The number of benzene rings is 1. The average Bonchev–Trinajstić information content (AvgIpc) is 3.23. The van der Waals surface area contributed by atoms with E-state index in [4.69, 9.17) is 14.2 Å². The smallest absolute Gasteiger partial charge is 0.130 e. The molecule has 1 saturated heterocycles. The Hall–Kier alpha value is -2.21. The Bertz CT molecular complexity index is 674. The number of aromatic nitrogens is 2. The van der Waals surface area contributed by atoms with Crippen LogP contribution < -0.4 is 14.2 Å². The molecule has 0 spiro atoms. The third-order valence-corrected chi connectivity index (χ3v) is 4.65. The van der Waals surface area contributed by atoms with E-state index in [2.05, 4.69) is 16.2 Å². The summed E-state index contributed by atoms with van der Waals surface area (Å²) in [7, 11) is 6.96. The van der Waals surface area contributed by atoms with Gasteiger partial charge in [0.15, 0.2) is 0 Å². The summed E-state index contributed by atoms with van der Waals surface area (Å²) in [6.07, 6.45) is 6.39. The van der Waals surface area contributed by atoms with E-state index in [9.17, 15) is 0 Å². The van der Waals surface area contributed by atoms with Crippen LogP contribution in [-0.4, -0.2) is 42.6 Å². The molecule has 130 valence electrons. The molecule has 0 aliphatic carbocycles. The van der Waals surface area contributed by atoms with Crippen LogP contribution in [0.5, 0.6) is 17.2 Å². The molecule has 3 rings (SSSR count). The molecule has 2 aromatic rings. The fraction of sp³-hybridized carbons (Fsp3) is 0.500. The van der Waals surface area contributed by atoms with Crippen LogP contribution >= 0.6 is 0 Å². The summed E-state index contributed by atoms with van der Waals surface area (Å²) < 4.78 is 18.4. The lowest BCUT2D eigenvalue weighted by Crippen LogP contribution is -2.23. The number of rotatable bonds is 6. The van der Waals surface area contributed by atoms with E-state index in [-0.39, 0.29) is 0 Å². The number of hydrogen-bond acceptors (Lipinski definition) is 5. The molecule has 0 N–H and O–H groups in total. The second-order valence-corrected chi connectivity index (χ2v) is 6.09. The van der Waals surface area contributed by atoms with Gasteiger partial charge in [-0.2, -0.15) is 5.10 Å². The largest absolute Gasteiger partial charge is 0.496 e. The number of ether oxygens (including phenoxy) is 3. The molecule has 0 unspecified atom stereocenters. The molecular formula is C18H25N3O3. The topological polar surface area (TPSA) is 48.8 Å². The fourth-order valence-electron chi connectivity index (χ4n) is 3.44. The van der Waals surface area contributed by atoms with Crippen LogP contribution in [0, 0.1) is 0 Å². The van der Waals surface area contributed by atoms with Gasteiger partial charge in [0.05, 0.1) is 33.1 Å². The molecule has 1 aliphatic heterocycles. The van der Waals surface area contributed by atoms with Crippen molar-refractivity contribution >= 4 is 0 Å². The van der Waals surface area contributed by atoms with Crippen molar-refractivity contribution in [2.75, 3.05) is 27.9 Å². The maximum absolute atomic E-state index is 5.58. The van der Waals surface area contributed by atoms with Gasteiger partial charge in [0.25, 0.3) is 0 Å². The van der Waals surface area contributed by atoms with Crippen molar-refractivity contribution in [3.63, 3.8) is 0 Å². The molecule has 1 aliphatic rings. The van der Waals surface area contributed by atoms with Crippen LogP contribution in [0.2, 0.25) is 0 Å². The lowest BCUT2D eigenvalue weighted by molar-refractivity contribution is 0.239. The maximum Gasteiger partial charge on any atom is 0.130 e. The van der Waals surface area contributed by atoms with Crippen LogP contribution in [0.25, 0.3) is 0 Å². The summed E-state index contributed by atoms with van der Waals surface area (Å²) in [5.74, 6) is 2.32. The van der Waals surface area contributed by atoms with Crippen molar-refractivity contribution in [1.29, 1.82) is 0 Å². The van der Waals surface area contributed by atoms with Gasteiger partial charge in [-0.1, -0.05) is 0 Å². The summed E-state index contributed by atoms with van der Waals surface area (Å²) in [5.41, 5.74) is 2.32. The highest BCUT2D eigenvalue weighted by molar-refractivity contribution is 5.50. The van der Waals surface area contributed by atoms with Crippen LogP contribution in [0.4, 0.5) is 0 Å². The Morgan fingerprint density at radius 3 is 2.38 bits per heavy atom. The minimum atomic E-state index is 0.384. The van der Waals surface area contributed by atoms with Crippen molar-refractivity contribution in [1.82, 2.24) is 14.7 Å². The Morgan fingerprint density at radius 2 is 1.83 bits per heavy atom. The summed E-state index contributed by atoms with van der Waals surface area (Å²) in [6, 6.07) is 4.20. The van der Waals surface area contributed by atoms with E-state index in [0.717, 1.165) is 42.3 Å². The van der Waals surface area contributed by atoms with Crippen molar-refractivity contribution < 1.29 is 14.2 Å². The Balaban J connectivity index is 1.89. The zero-order chi connectivity index (χ0) is 17.1. The lowest BCUT2D eigenvalue weighted by atomic mass is 10.1. The molecule has 2 heterocycles. The molecule has 1 fully saturated rings. The first-order valence-corrected chi connectivity index (χ1v) is 8.17. The molecule has 1 aromatic heterocycles. The number of aryl methyl sites for hydroxylation is 1. The van der Waals surface area contributed by atoms with Crippen molar-refractivity contribution in [2.45, 2.75) is 25.4 Å². The molecule has 24 heavy (non-hydrogen) atoms. The van der Waals surface area contributed by atoms with E-state index in [1.807, 2.05) is 30.1 Å². The number of likely N-dealkylation sites (tertiary alicyclic amines) is 1. The molecule has 0 bridgehead atoms. The van der Waals surface area contributed by atoms with Gasteiger partial charge in [0, 0.05) is 43.5 Å². The second kappa shape index (κ2) is 7.13. The Kier molecular flexibility index (Phi) is 4.94. The quantitative estimate of drug-likeness (QED) is 0.815. The Morgan fingerprint density at radius 1 is 1.12 bits per heavy atom. The zero-order valence-corrected chi connectivity index (χ0v) is 14.8. The SMILES string of the molecule is COc1cc(OC)c(CN2CCC[C@H]2c2cnn(C)c2)c(OC)c1. The minimum absolute atomic E-state index is 0.384. The predicted molar refractivity (Wildman–Crippen MR) is 91.7 cm³/mol. The summed E-state index contributed by atoms with van der Waals surface area (Å²) in [5, 5.41) is 4.32. The lowest BCUT2D eigenvalue weighted by Gasteiger charge is -2.25. The van der Waals surface area contributed by atoms with Crippen LogP contribution in [0.1, 0.15) is 30.0 Å². The van der Waals surface area contributed by atoms with Crippen LogP contribution in [0.3, 0.4) is 0 Å². The molecule has 6 heteroatoms. The molecular weight excluding hydrogens is 306 g/mol. The van der Waals surface area contributed by atoms with Crippen molar-refractivity contribution in [2.24, 2.45) is 7.05 Å². The highest BCUT2D eigenvalue weighted by Crippen LogP contribution is 2.39. The monoisotopic (exact) mass is 331 g/mol. The number of methoxy groups -OCH3 is 3. The Labute approximate surface area is 142 Å². The van der Waals surface area contributed by atoms with Crippen molar-refractivity contribution in [3.8, 4) is 17.2 Å². The molecule has 6 nitrogen and oxygen atoms in total. The maximum atomic E-state index is 5.58. The number of nitrogens with zero attached hydrogens (tertiary/aromatic N) is 3. The van der Waals surface area contributed by atoms with Crippen molar-refractivity contribution in [3.05, 3.63) is 35.7 Å². The fourth-order valence-corrected chi connectivity index (χ4v) is 3.44. The highest BCUT2D eigenvalue weighted by Gasteiger charge is 2.29. The van der Waals surface area contributed by atoms with Gasteiger partial charge in [-0.05, 0) is 19.4 Å². The van der Waals surface area contributed by atoms with Crippen LogP contribution in [-0.2, 0) is 13.6 Å². The molecule has 0 saturated carbocycles. The first-order chi connectivity index (χ1) is 11.7. The summed E-state index contributed by atoms with van der Waals surface area (Å²) in [4.78, 5) is 2.46. The third-order valence-electron chi connectivity index (χ3n) is 4.65. The molecule has 1 aromatic carbocycles. The standard InChI is InChI=1S/C18H25N3O3/c1-20-11-13(10-19-20)16-6-5-7-21(16)12-15-17(23-3)8-14(22-2)9-18(15)24-4/h8-11,16H,5-7,12H2,1-4H3/t16-/m0/s1. The highest BCUT2D eigenvalue weighted by atomic mass is 16.5. The average molecular weight is 331 g/mol. The van der Waals surface area contributed by atoms with Gasteiger partial charge < -0.3 is 14.2 Å². The van der Waals surface area contributed by atoms with Gasteiger partial charge in [-0.3, -0.25) is 9.58 Å². The van der Waals surface area contributed by atoms with E-state index in [0.29, 0.717) is 6.04 Å². The summed E-state index contributed by atoms with van der Waals surface area (Å²) >= 11 is 0. The van der Waals surface area contributed by atoms with E-state index < -0.39 is 0 Å². The van der Waals surface area contributed by atoms with Gasteiger partial charge in [-0.15, -0.1) is 0 Å². The molecule has 0 radical (unpaired) electrons. The second-order valence-electron chi connectivity index (χ2n) is 6.09. The van der Waals surface area contributed by atoms with Gasteiger partial charge >= 0.3 is 0 Å². The van der Waals surface area contributed by atoms with Gasteiger partial charge in [-0.25, -0.2) is 0 Å². The molecule has 0 amide bonds. The zero-order valence-electron chi connectivity index (χ0n) is 14.8. The first kappa shape index (κ1) is 16.6. The van der Waals surface area contributed by atoms with E-state index in [1.54, 1.807) is 21.3 Å². The van der Waals surface area contributed by atoms with Crippen LogP contribution in [0.15, 0.2) is 24.5 Å². The normalized spacial score (nSPS) is 17.9.